The zero-order valence-electron chi connectivity index (χ0n) is 35.2. The van der Waals surface area contributed by atoms with Crippen LogP contribution in [0.2, 0.25) is 5.02 Å². The van der Waals surface area contributed by atoms with Crippen molar-refractivity contribution >= 4 is 47.0 Å². The highest BCUT2D eigenvalue weighted by Gasteiger charge is 2.39. The minimum absolute atomic E-state index is 0.0662. The molecular weight excluding hydrogens is 831 g/mol. The predicted molar refractivity (Wildman–Crippen MR) is 226 cm³/mol. The normalized spacial score (nSPS) is 20.7. The fraction of sp³-hybridized carbons (Fsp3) is 0.636. The van der Waals surface area contributed by atoms with Crippen LogP contribution in [0.4, 0.5) is 34.1 Å². The summed E-state index contributed by atoms with van der Waals surface area (Å²) < 4.78 is 58.6. The highest BCUT2D eigenvalue weighted by atomic mass is 35.5. The first-order valence-corrected chi connectivity index (χ1v) is 22.4. The molecule has 5 heterocycles. The molecule has 0 aromatic heterocycles. The molecule has 14 nitrogen and oxygen atoms in total. The number of nitrogens with zero attached hydrogens (tertiary/aromatic N) is 5. The van der Waals surface area contributed by atoms with Crippen molar-refractivity contribution in [2.75, 3.05) is 96.3 Å². The van der Waals surface area contributed by atoms with Gasteiger partial charge in [0.05, 0.1) is 42.5 Å². The Balaban J connectivity index is 0.899. The third-order valence-corrected chi connectivity index (χ3v) is 13.5. The molecule has 0 bridgehead atoms. The standard InChI is InChI=1S/C44H59ClF3N7O7/c45-36-27-30(26-35(40(36)49)44(46,47)48)28-38(62-43(59)54-19-10-34(11-20-54)55-29-33-4-1-2-5-37(33)50-42(55)58)41(57)53-17-8-32(9-18-53)31-6-14-52(15-7-31)16-12-39(56)61-23-3-13-51-21-24-60-25-22-51/h1-2,4-5,26-27,31-32,34,38H,3,6-25,28-29,49H2,(H,50,58)/t38-/m1/s1. The van der Waals surface area contributed by atoms with Crippen LogP contribution in [0.5, 0.6) is 0 Å². The van der Waals surface area contributed by atoms with Gasteiger partial charge in [-0.3, -0.25) is 14.5 Å². The van der Waals surface area contributed by atoms with Gasteiger partial charge in [-0.25, -0.2) is 9.59 Å². The number of likely N-dealkylation sites (tertiary alicyclic amines) is 3. The van der Waals surface area contributed by atoms with Crippen LogP contribution in [-0.4, -0.2) is 146 Å². The van der Waals surface area contributed by atoms with E-state index < -0.39 is 35.5 Å². The number of carbonyl (C=O) groups is 4. The second-order valence-corrected chi connectivity index (χ2v) is 17.6. The largest absolute Gasteiger partial charge is 0.466 e. The predicted octanol–water partition coefficient (Wildman–Crippen LogP) is 6.11. The smallest absolute Gasteiger partial charge is 0.418 e. The lowest BCUT2D eigenvalue weighted by Crippen LogP contribution is -2.52. The number of nitrogen functional groups attached to an aromatic ring is 1. The van der Waals surface area contributed by atoms with Gasteiger partial charge in [0.25, 0.3) is 5.91 Å². The first-order valence-electron chi connectivity index (χ1n) is 22.1. The van der Waals surface area contributed by atoms with Gasteiger partial charge in [-0.15, -0.1) is 0 Å². The van der Waals surface area contributed by atoms with Gasteiger partial charge in [-0.05, 0) is 99.2 Å². The first kappa shape index (κ1) is 45.7. The van der Waals surface area contributed by atoms with Crippen LogP contribution in [0.15, 0.2) is 36.4 Å². The van der Waals surface area contributed by atoms with Crippen LogP contribution in [0, 0.1) is 11.8 Å². The molecule has 0 unspecified atom stereocenters. The molecule has 0 spiro atoms. The maximum Gasteiger partial charge on any atom is 0.418 e. The molecule has 5 aliphatic heterocycles. The molecule has 4 saturated heterocycles. The number of rotatable bonds is 13. The van der Waals surface area contributed by atoms with Crippen molar-refractivity contribution in [1.82, 2.24) is 24.5 Å². The summed E-state index contributed by atoms with van der Waals surface area (Å²) >= 11 is 6.16. The fourth-order valence-electron chi connectivity index (χ4n) is 9.56. The molecule has 4 amide bonds. The molecule has 340 valence electrons. The number of fused-ring (bicyclic) bond motifs is 1. The molecule has 2 aromatic carbocycles. The molecule has 0 saturated carbocycles. The van der Waals surface area contributed by atoms with E-state index in [0.717, 1.165) is 95.4 Å². The van der Waals surface area contributed by atoms with Crippen LogP contribution >= 0.6 is 11.6 Å². The van der Waals surface area contributed by atoms with E-state index in [1.165, 1.54) is 11.0 Å². The van der Waals surface area contributed by atoms with Gasteiger partial charge in [0, 0.05) is 77.1 Å². The van der Waals surface area contributed by atoms with Crippen molar-refractivity contribution in [3.05, 3.63) is 58.1 Å². The monoisotopic (exact) mass is 889 g/mol. The number of nitrogens with two attached hydrogens (primary N) is 1. The average molecular weight is 890 g/mol. The minimum Gasteiger partial charge on any atom is -0.466 e. The molecule has 5 aliphatic rings. The zero-order valence-corrected chi connectivity index (χ0v) is 36.0. The molecule has 7 rings (SSSR count). The summed E-state index contributed by atoms with van der Waals surface area (Å²) in [6.45, 7) is 8.92. The van der Waals surface area contributed by atoms with Crippen molar-refractivity contribution in [3.63, 3.8) is 0 Å². The number of hydrogen-bond acceptors (Lipinski definition) is 10. The SMILES string of the molecule is Nc1c(Cl)cc(C[C@@H](OC(=O)N2CCC(N3Cc4ccccc4NC3=O)CC2)C(=O)N2CCC(C3CCN(CCC(=O)OCCCN4CCOCC4)CC3)CC2)cc1C(F)(F)F. The summed E-state index contributed by atoms with van der Waals surface area (Å²) in [5.74, 6) is 0.214. The average Bonchev–Trinajstić information content (AvgIpc) is 3.28. The Bertz CT molecular complexity index is 1880. The van der Waals surface area contributed by atoms with E-state index in [2.05, 4.69) is 15.1 Å². The summed E-state index contributed by atoms with van der Waals surface area (Å²) in [6.07, 6.45) is -1.63. The third kappa shape index (κ3) is 11.8. The van der Waals surface area contributed by atoms with Gasteiger partial charge in [0.2, 0.25) is 0 Å². The van der Waals surface area contributed by atoms with Gasteiger partial charge >= 0.3 is 24.3 Å². The highest BCUT2D eigenvalue weighted by molar-refractivity contribution is 6.33. The molecule has 62 heavy (non-hydrogen) atoms. The quantitative estimate of drug-likeness (QED) is 0.137. The van der Waals surface area contributed by atoms with E-state index in [-0.39, 0.29) is 48.1 Å². The number of amides is 4. The number of esters is 1. The summed E-state index contributed by atoms with van der Waals surface area (Å²) in [6, 6.07) is 9.41. The number of para-hydroxylation sites is 1. The molecule has 4 fully saturated rings. The van der Waals surface area contributed by atoms with Crippen LogP contribution in [0.1, 0.15) is 68.1 Å². The Hall–Kier alpha value is -4.32. The Kier molecular flexibility index (Phi) is 15.4. The number of piperidine rings is 3. The number of carbonyl (C=O) groups excluding carboxylic acids is 4. The van der Waals surface area contributed by atoms with E-state index in [1.54, 1.807) is 9.80 Å². The lowest BCUT2D eigenvalue weighted by Gasteiger charge is -2.41. The van der Waals surface area contributed by atoms with Crippen molar-refractivity contribution in [3.8, 4) is 0 Å². The summed E-state index contributed by atoms with van der Waals surface area (Å²) in [4.78, 5) is 62.8. The molecule has 1 atom stereocenters. The van der Waals surface area contributed by atoms with Crippen LogP contribution in [-0.2, 0) is 42.9 Å². The Morgan fingerprint density at radius 3 is 2.21 bits per heavy atom. The number of ether oxygens (including phenoxy) is 3. The Morgan fingerprint density at radius 1 is 0.871 bits per heavy atom. The third-order valence-electron chi connectivity index (χ3n) is 13.2. The summed E-state index contributed by atoms with van der Waals surface area (Å²) in [7, 11) is 0. The van der Waals surface area contributed by atoms with E-state index in [0.29, 0.717) is 63.9 Å². The summed E-state index contributed by atoms with van der Waals surface area (Å²) in [5, 5.41) is 2.63. The number of urea groups is 1. The molecule has 3 N–H and O–H groups in total. The topological polar surface area (TPSA) is 150 Å². The molecule has 2 aromatic rings. The van der Waals surface area contributed by atoms with Gasteiger partial charge in [0.1, 0.15) is 0 Å². The highest BCUT2D eigenvalue weighted by Crippen LogP contribution is 2.39. The number of alkyl halides is 3. The molecule has 18 heteroatoms. The molecule has 0 aliphatic carbocycles. The second-order valence-electron chi connectivity index (χ2n) is 17.2. The van der Waals surface area contributed by atoms with Crippen molar-refractivity contribution in [2.45, 2.75) is 82.7 Å². The number of nitrogens with one attached hydrogen (secondary N) is 1. The lowest BCUT2D eigenvalue weighted by atomic mass is 9.78. The molecule has 0 radical (unpaired) electrons. The van der Waals surface area contributed by atoms with Crippen molar-refractivity contribution in [2.24, 2.45) is 11.8 Å². The number of hydrogen-bond donors (Lipinski definition) is 2. The van der Waals surface area contributed by atoms with E-state index in [1.807, 2.05) is 24.3 Å². The van der Waals surface area contributed by atoms with Crippen LogP contribution in [0.3, 0.4) is 0 Å². The van der Waals surface area contributed by atoms with Crippen LogP contribution in [0.25, 0.3) is 0 Å². The maximum absolute atomic E-state index is 14.2. The number of halogens is 4. The lowest BCUT2D eigenvalue weighted by molar-refractivity contribution is -0.144. The number of morpholine rings is 1. The second kappa shape index (κ2) is 20.9. The number of anilines is 2. The van der Waals surface area contributed by atoms with E-state index >= 15 is 0 Å². The maximum atomic E-state index is 14.2. The zero-order chi connectivity index (χ0) is 43.8. The minimum atomic E-state index is -4.79. The van der Waals surface area contributed by atoms with Gasteiger partial charge < -0.3 is 44.9 Å². The van der Waals surface area contributed by atoms with Gasteiger partial charge in [-0.2, -0.15) is 13.2 Å². The molecular formula is C44H59ClF3N7O7. The first-order chi connectivity index (χ1) is 29.8. The number of benzene rings is 2. The fourth-order valence-corrected chi connectivity index (χ4v) is 9.80. The Labute approximate surface area is 366 Å². The summed E-state index contributed by atoms with van der Waals surface area (Å²) in [5.41, 5.74) is 5.81. The van der Waals surface area contributed by atoms with Gasteiger partial charge in [0.15, 0.2) is 6.10 Å². The van der Waals surface area contributed by atoms with E-state index in [4.69, 9.17) is 31.5 Å². The van der Waals surface area contributed by atoms with Gasteiger partial charge in [-0.1, -0.05) is 29.8 Å². The van der Waals surface area contributed by atoms with Crippen molar-refractivity contribution in [1.29, 1.82) is 0 Å². The Morgan fingerprint density at radius 2 is 1.52 bits per heavy atom. The van der Waals surface area contributed by atoms with Crippen LogP contribution < -0.4 is 11.1 Å². The van der Waals surface area contributed by atoms with Crippen molar-refractivity contribution < 1.29 is 46.6 Å². The van der Waals surface area contributed by atoms with E-state index in [9.17, 15) is 32.3 Å².